The van der Waals surface area contributed by atoms with Gasteiger partial charge in [-0.15, -0.1) is 0 Å². The number of ether oxygens (including phenoxy) is 1. The van der Waals surface area contributed by atoms with Gasteiger partial charge in [0.25, 0.3) is 0 Å². The van der Waals surface area contributed by atoms with E-state index in [1.165, 1.54) is 5.56 Å². The van der Waals surface area contributed by atoms with Crippen molar-refractivity contribution in [2.45, 2.75) is 38.3 Å². The molecule has 0 radical (unpaired) electrons. The van der Waals surface area contributed by atoms with Crippen LogP contribution in [0, 0.1) is 0 Å². The highest BCUT2D eigenvalue weighted by Gasteiger charge is 2.19. The number of rotatable bonds is 4. The second kappa shape index (κ2) is 6.57. The molecule has 0 spiro atoms. The van der Waals surface area contributed by atoms with Gasteiger partial charge in [-0.1, -0.05) is 12.1 Å². The Morgan fingerprint density at radius 3 is 3.11 bits per heavy atom. The van der Waals surface area contributed by atoms with Gasteiger partial charge >= 0.3 is 0 Å². The lowest BCUT2D eigenvalue weighted by Gasteiger charge is -2.22. The van der Waals surface area contributed by atoms with E-state index in [1.54, 1.807) is 7.11 Å². The lowest BCUT2D eigenvalue weighted by molar-refractivity contribution is -0.121. The second-order valence-electron chi connectivity index (χ2n) is 5.06. The standard InChI is InChI=1S/C15H22N2O2/c1-11(12-5-3-7-14(9-12)19-2)17-13-6-4-8-16-15(18)10-13/h3,5,7,9,11,13,17H,4,6,8,10H2,1-2H3,(H,16,18)/t11-,13?/m0/s1. The molecule has 0 saturated carbocycles. The van der Waals surface area contributed by atoms with Crippen LogP contribution in [0.25, 0.3) is 0 Å². The Morgan fingerprint density at radius 1 is 1.47 bits per heavy atom. The zero-order chi connectivity index (χ0) is 13.7. The van der Waals surface area contributed by atoms with E-state index in [0.29, 0.717) is 6.42 Å². The second-order valence-corrected chi connectivity index (χ2v) is 5.06. The first-order valence-electron chi connectivity index (χ1n) is 6.85. The number of nitrogens with one attached hydrogen (secondary N) is 2. The third-order valence-electron chi connectivity index (χ3n) is 3.56. The van der Waals surface area contributed by atoms with Gasteiger partial charge in [0.05, 0.1) is 7.11 Å². The molecule has 19 heavy (non-hydrogen) atoms. The molecule has 1 fully saturated rings. The van der Waals surface area contributed by atoms with Crippen LogP contribution in [0.3, 0.4) is 0 Å². The van der Waals surface area contributed by atoms with Crippen molar-refractivity contribution >= 4 is 5.91 Å². The number of hydrogen-bond donors (Lipinski definition) is 2. The van der Waals surface area contributed by atoms with E-state index < -0.39 is 0 Å². The monoisotopic (exact) mass is 262 g/mol. The van der Waals surface area contributed by atoms with Crippen LogP contribution in [0.15, 0.2) is 24.3 Å². The van der Waals surface area contributed by atoms with E-state index in [1.807, 2.05) is 18.2 Å². The summed E-state index contributed by atoms with van der Waals surface area (Å²) in [6, 6.07) is 8.52. The molecule has 4 heteroatoms. The molecule has 1 aromatic carbocycles. The molecule has 104 valence electrons. The number of hydrogen-bond acceptors (Lipinski definition) is 3. The average Bonchev–Trinajstić information content (AvgIpc) is 2.63. The van der Waals surface area contributed by atoms with Crippen LogP contribution in [-0.4, -0.2) is 25.6 Å². The molecule has 4 nitrogen and oxygen atoms in total. The summed E-state index contributed by atoms with van der Waals surface area (Å²) < 4.78 is 5.24. The number of carbonyl (C=O) groups excluding carboxylic acids is 1. The molecule has 1 aliphatic rings. The van der Waals surface area contributed by atoms with Gasteiger partial charge in [0.15, 0.2) is 0 Å². The fourth-order valence-electron chi connectivity index (χ4n) is 2.48. The van der Waals surface area contributed by atoms with Crippen LogP contribution in [0.4, 0.5) is 0 Å². The van der Waals surface area contributed by atoms with Gasteiger partial charge in [-0.3, -0.25) is 4.79 Å². The first kappa shape index (κ1) is 13.9. The summed E-state index contributed by atoms with van der Waals surface area (Å²) >= 11 is 0. The minimum absolute atomic E-state index is 0.146. The quantitative estimate of drug-likeness (QED) is 0.872. The first-order valence-corrected chi connectivity index (χ1v) is 6.85. The molecule has 1 unspecified atom stereocenters. The molecular weight excluding hydrogens is 240 g/mol. The van der Waals surface area contributed by atoms with E-state index in [2.05, 4.69) is 23.6 Å². The van der Waals surface area contributed by atoms with Crippen molar-refractivity contribution in [2.75, 3.05) is 13.7 Å². The molecule has 0 bridgehead atoms. The lowest BCUT2D eigenvalue weighted by atomic mass is 10.0. The van der Waals surface area contributed by atoms with Gasteiger partial charge < -0.3 is 15.4 Å². The summed E-state index contributed by atoms with van der Waals surface area (Å²) in [6.07, 6.45) is 2.63. The smallest absolute Gasteiger partial charge is 0.221 e. The maximum atomic E-state index is 11.5. The molecule has 1 aliphatic heterocycles. The fourth-order valence-corrected chi connectivity index (χ4v) is 2.48. The zero-order valence-electron chi connectivity index (χ0n) is 11.6. The summed E-state index contributed by atoms with van der Waals surface area (Å²) in [5.74, 6) is 1.01. The zero-order valence-corrected chi connectivity index (χ0v) is 11.6. The fraction of sp³-hybridized carbons (Fsp3) is 0.533. The highest BCUT2D eigenvalue weighted by atomic mass is 16.5. The maximum absolute atomic E-state index is 11.5. The average molecular weight is 262 g/mol. The van der Waals surface area contributed by atoms with Crippen LogP contribution >= 0.6 is 0 Å². The topological polar surface area (TPSA) is 50.4 Å². The van der Waals surface area contributed by atoms with E-state index in [9.17, 15) is 4.79 Å². The van der Waals surface area contributed by atoms with Crippen LogP contribution in [0.2, 0.25) is 0 Å². The molecule has 1 heterocycles. The Hall–Kier alpha value is -1.55. The molecule has 2 atom stereocenters. The minimum atomic E-state index is 0.146. The molecule has 1 aromatic rings. The molecule has 2 N–H and O–H groups in total. The number of amides is 1. The van der Waals surface area contributed by atoms with Crippen molar-refractivity contribution in [1.82, 2.24) is 10.6 Å². The van der Waals surface area contributed by atoms with Crippen molar-refractivity contribution in [1.29, 1.82) is 0 Å². The van der Waals surface area contributed by atoms with Crippen LogP contribution < -0.4 is 15.4 Å². The van der Waals surface area contributed by atoms with E-state index in [0.717, 1.165) is 25.1 Å². The molecular formula is C15H22N2O2. The van der Waals surface area contributed by atoms with Crippen LogP contribution in [0.5, 0.6) is 5.75 Å². The molecule has 0 aliphatic carbocycles. The Kier molecular flexibility index (Phi) is 4.80. The summed E-state index contributed by atoms with van der Waals surface area (Å²) in [4.78, 5) is 11.5. The SMILES string of the molecule is COc1cccc([C@H](C)NC2CCCNC(=O)C2)c1. The normalized spacial score (nSPS) is 21.4. The summed E-state index contributed by atoms with van der Waals surface area (Å²) in [5.41, 5.74) is 1.18. The van der Waals surface area contributed by atoms with Crippen molar-refractivity contribution < 1.29 is 9.53 Å². The molecule has 1 amide bonds. The van der Waals surface area contributed by atoms with E-state index >= 15 is 0 Å². The van der Waals surface area contributed by atoms with Crippen molar-refractivity contribution in [2.24, 2.45) is 0 Å². The summed E-state index contributed by atoms with van der Waals surface area (Å²) in [6.45, 7) is 2.92. The molecule has 0 aromatic heterocycles. The Morgan fingerprint density at radius 2 is 2.32 bits per heavy atom. The Balaban J connectivity index is 1.98. The van der Waals surface area contributed by atoms with Crippen LogP contribution in [0.1, 0.15) is 37.8 Å². The third kappa shape index (κ3) is 3.96. The number of methoxy groups -OCH3 is 1. The van der Waals surface area contributed by atoms with Crippen molar-refractivity contribution in [3.05, 3.63) is 29.8 Å². The van der Waals surface area contributed by atoms with E-state index in [-0.39, 0.29) is 18.0 Å². The largest absolute Gasteiger partial charge is 0.497 e. The summed E-state index contributed by atoms with van der Waals surface area (Å²) in [5, 5.41) is 6.45. The predicted molar refractivity (Wildman–Crippen MR) is 75.2 cm³/mol. The Bertz CT molecular complexity index is 434. The van der Waals surface area contributed by atoms with Crippen LogP contribution in [-0.2, 0) is 4.79 Å². The first-order chi connectivity index (χ1) is 9.19. The highest BCUT2D eigenvalue weighted by molar-refractivity contribution is 5.76. The molecule has 2 rings (SSSR count). The van der Waals surface area contributed by atoms with Gasteiger partial charge in [-0.05, 0) is 37.5 Å². The summed E-state index contributed by atoms with van der Waals surface area (Å²) in [7, 11) is 1.67. The van der Waals surface area contributed by atoms with Crippen molar-refractivity contribution in [3.8, 4) is 5.75 Å². The number of carbonyl (C=O) groups is 1. The van der Waals surface area contributed by atoms with Gasteiger partial charge in [0.1, 0.15) is 5.75 Å². The van der Waals surface area contributed by atoms with E-state index in [4.69, 9.17) is 4.74 Å². The lowest BCUT2D eigenvalue weighted by Crippen LogP contribution is -2.34. The number of benzene rings is 1. The minimum Gasteiger partial charge on any atom is -0.497 e. The van der Waals surface area contributed by atoms with Gasteiger partial charge in [0.2, 0.25) is 5.91 Å². The van der Waals surface area contributed by atoms with Crippen molar-refractivity contribution in [3.63, 3.8) is 0 Å². The third-order valence-corrected chi connectivity index (χ3v) is 3.56. The van der Waals surface area contributed by atoms with Gasteiger partial charge in [0, 0.05) is 25.0 Å². The Labute approximate surface area is 114 Å². The van der Waals surface area contributed by atoms with Gasteiger partial charge in [-0.2, -0.15) is 0 Å². The van der Waals surface area contributed by atoms with Gasteiger partial charge in [-0.25, -0.2) is 0 Å². The predicted octanol–water partition coefficient (Wildman–Crippen LogP) is 2.01. The molecule has 1 saturated heterocycles. The maximum Gasteiger partial charge on any atom is 0.221 e. The highest BCUT2D eigenvalue weighted by Crippen LogP contribution is 2.20.